The van der Waals surface area contributed by atoms with Crippen molar-refractivity contribution in [2.45, 2.75) is 77.6 Å². The quantitative estimate of drug-likeness (QED) is 0.473. The van der Waals surface area contributed by atoms with Gasteiger partial charge in [0.15, 0.2) is 5.78 Å². The number of ketones is 1. The van der Waals surface area contributed by atoms with E-state index in [9.17, 15) is 14.4 Å². The zero-order valence-corrected chi connectivity index (χ0v) is 20.9. The van der Waals surface area contributed by atoms with Crippen LogP contribution >= 0.6 is 0 Å². The third-order valence-corrected chi connectivity index (χ3v) is 7.23. The molecule has 1 amide bonds. The number of fused-ring (bicyclic) bond motifs is 5. The van der Waals surface area contributed by atoms with E-state index in [-0.39, 0.29) is 37.3 Å². The van der Waals surface area contributed by atoms with Gasteiger partial charge in [0.1, 0.15) is 17.3 Å². The van der Waals surface area contributed by atoms with Gasteiger partial charge in [0.25, 0.3) is 0 Å². The van der Waals surface area contributed by atoms with Gasteiger partial charge in [-0.2, -0.15) is 0 Å². The minimum Gasteiger partial charge on any atom is -0.465 e. The van der Waals surface area contributed by atoms with Gasteiger partial charge < -0.3 is 24.2 Å². The van der Waals surface area contributed by atoms with Crippen molar-refractivity contribution in [1.82, 2.24) is 4.90 Å². The van der Waals surface area contributed by atoms with E-state index in [0.717, 1.165) is 25.7 Å². The van der Waals surface area contributed by atoms with Crippen LogP contribution in [-0.2, 0) is 20.8 Å². The molecule has 0 bridgehead atoms. The summed E-state index contributed by atoms with van der Waals surface area (Å²) < 4.78 is 26.7. The van der Waals surface area contributed by atoms with Crippen molar-refractivity contribution in [3.63, 3.8) is 0 Å². The zero-order chi connectivity index (χ0) is 25.1. The number of Topliss-reactive ketones (excluding diaryl/α,β-unsaturated/α-hetero) is 1. The van der Waals surface area contributed by atoms with Crippen LogP contribution in [0.1, 0.15) is 69.3 Å². The number of rotatable bonds is 3. The Morgan fingerprint density at radius 1 is 1.09 bits per heavy atom. The number of anilines is 2. The molecule has 3 aliphatic heterocycles. The maximum atomic E-state index is 15.8. The van der Waals surface area contributed by atoms with Gasteiger partial charge in [0, 0.05) is 42.8 Å². The van der Waals surface area contributed by atoms with E-state index in [0.29, 0.717) is 30.0 Å². The monoisotopic (exact) mass is 487 g/mol. The highest BCUT2D eigenvalue weighted by atomic mass is 19.1. The Morgan fingerprint density at radius 3 is 2.49 bits per heavy atom. The molecule has 0 aromatic heterocycles. The van der Waals surface area contributed by atoms with Crippen molar-refractivity contribution in [1.29, 1.82) is 0 Å². The molecule has 1 saturated heterocycles. The summed E-state index contributed by atoms with van der Waals surface area (Å²) in [7, 11) is 0. The van der Waals surface area contributed by atoms with Crippen molar-refractivity contribution in [3.8, 4) is 0 Å². The highest BCUT2D eigenvalue weighted by molar-refractivity contribution is 6.14. The second-order valence-corrected chi connectivity index (χ2v) is 11.0. The fourth-order valence-corrected chi connectivity index (χ4v) is 5.65. The molecule has 2 atom stereocenters. The Morgan fingerprint density at radius 2 is 1.83 bits per heavy atom. The lowest BCUT2D eigenvalue weighted by atomic mass is 9.87. The average Bonchev–Trinajstić information content (AvgIpc) is 3.54. The number of hydrogen-bond donors (Lipinski definition) is 0. The first-order valence-electron chi connectivity index (χ1n) is 12.7. The van der Waals surface area contributed by atoms with Crippen molar-refractivity contribution >= 4 is 29.2 Å². The topological polar surface area (TPSA) is 79.4 Å². The molecule has 1 aliphatic carbocycles. The standard InChI is InChI=1S/C26H34FN3O5/c1-5-34-24(32)19-14-30(15-8-9-15)21-17(23(19)31)11-20(27)22-18(21)13-28(25(33)35-26(2,3)4)12-16-7-6-10-29(16)22/h11,15-16,19H,5-10,12-14H2,1-4H3. The number of amides is 1. The van der Waals surface area contributed by atoms with Gasteiger partial charge in [-0.25, -0.2) is 9.18 Å². The van der Waals surface area contributed by atoms with E-state index in [1.807, 2.05) is 20.8 Å². The Kier molecular flexibility index (Phi) is 5.92. The van der Waals surface area contributed by atoms with E-state index >= 15 is 4.39 Å². The maximum Gasteiger partial charge on any atom is 0.410 e. The molecule has 8 nitrogen and oxygen atoms in total. The van der Waals surface area contributed by atoms with Crippen LogP contribution < -0.4 is 9.80 Å². The lowest BCUT2D eigenvalue weighted by molar-refractivity contribution is -0.145. The molecule has 190 valence electrons. The van der Waals surface area contributed by atoms with Crippen LogP contribution in [0.25, 0.3) is 0 Å². The van der Waals surface area contributed by atoms with Gasteiger partial charge in [-0.3, -0.25) is 9.59 Å². The molecular weight excluding hydrogens is 453 g/mol. The van der Waals surface area contributed by atoms with Gasteiger partial charge in [-0.1, -0.05) is 0 Å². The van der Waals surface area contributed by atoms with Crippen molar-refractivity contribution in [3.05, 3.63) is 23.0 Å². The molecule has 3 heterocycles. The molecule has 2 fully saturated rings. The van der Waals surface area contributed by atoms with Gasteiger partial charge in [0.05, 0.1) is 24.5 Å². The third-order valence-electron chi connectivity index (χ3n) is 7.23. The number of carbonyl (C=O) groups is 3. The Hall–Kier alpha value is -2.84. The molecular formula is C26H34FN3O5. The summed E-state index contributed by atoms with van der Waals surface area (Å²) in [6.07, 6.45) is 3.19. The summed E-state index contributed by atoms with van der Waals surface area (Å²) in [5, 5.41) is 0. The van der Waals surface area contributed by atoms with E-state index in [2.05, 4.69) is 9.80 Å². The van der Waals surface area contributed by atoms with Crippen molar-refractivity contribution in [2.24, 2.45) is 5.92 Å². The van der Waals surface area contributed by atoms with E-state index < -0.39 is 35.2 Å². The van der Waals surface area contributed by atoms with E-state index in [1.54, 1.807) is 11.8 Å². The summed E-state index contributed by atoms with van der Waals surface area (Å²) in [6, 6.07) is 1.47. The second-order valence-electron chi connectivity index (χ2n) is 11.0. The second kappa shape index (κ2) is 8.68. The van der Waals surface area contributed by atoms with Crippen LogP contribution in [0.15, 0.2) is 6.07 Å². The molecule has 9 heteroatoms. The predicted molar refractivity (Wildman–Crippen MR) is 128 cm³/mol. The minimum absolute atomic E-state index is 0.0164. The van der Waals surface area contributed by atoms with Crippen molar-refractivity contribution < 1.29 is 28.2 Å². The summed E-state index contributed by atoms with van der Waals surface area (Å²) in [6.45, 7) is 8.84. The van der Waals surface area contributed by atoms with Crippen LogP contribution in [0.5, 0.6) is 0 Å². The molecule has 35 heavy (non-hydrogen) atoms. The normalized spacial score (nSPS) is 23.9. The molecule has 1 saturated carbocycles. The Bertz CT molecular complexity index is 1060. The van der Waals surface area contributed by atoms with E-state index in [1.165, 1.54) is 6.07 Å². The maximum absolute atomic E-state index is 15.8. The zero-order valence-electron chi connectivity index (χ0n) is 20.9. The molecule has 2 unspecified atom stereocenters. The van der Waals surface area contributed by atoms with Crippen molar-refractivity contribution in [2.75, 3.05) is 36.0 Å². The van der Waals surface area contributed by atoms with Gasteiger partial charge in [-0.15, -0.1) is 0 Å². The SMILES string of the molecule is CCOC(=O)C1CN(C2CC2)c2c(cc(F)c3c2CN(C(=O)OC(C)(C)C)CC2CCCN32)C1=O. The number of nitrogens with zero attached hydrogens (tertiary/aromatic N) is 3. The Balaban J connectivity index is 1.63. The smallest absolute Gasteiger partial charge is 0.410 e. The summed E-state index contributed by atoms with van der Waals surface area (Å²) in [4.78, 5) is 45.0. The fourth-order valence-electron chi connectivity index (χ4n) is 5.65. The summed E-state index contributed by atoms with van der Waals surface area (Å²) >= 11 is 0. The van der Waals surface area contributed by atoms with Crippen LogP contribution in [0.4, 0.5) is 20.6 Å². The molecule has 1 aromatic carbocycles. The highest BCUT2D eigenvalue weighted by Gasteiger charge is 2.47. The summed E-state index contributed by atoms with van der Waals surface area (Å²) in [5.41, 5.74) is 1.32. The number of hydrogen-bond acceptors (Lipinski definition) is 7. The minimum atomic E-state index is -0.979. The van der Waals surface area contributed by atoms with Gasteiger partial charge in [-0.05, 0) is 59.4 Å². The number of halogens is 1. The van der Waals surface area contributed by atoms with Gasteiger partial charge >= 0.3 is 12.1 Å². The lowest BCUT2D eigenvalue weighted by Crippen LogP contribution is -2.45. The number of ether oxygens (including phenoxy) is 2. The molecule has 4 aliphatic rings. The largest absolute Gasteiger partial charge is 0.465 e. The molecule has 0 N–H and O–H groups in total. The van der Waals surface area contributed by atoms with Crippen LogP contribution in [0, 0.1) is 11.7 Å². The number of esters is 1. The first-order valence-corrected chi connectivity index (χ1v) is 12.7. The first-order chi connectivity index (χ1) is 16.6. The average molecular weight is 488 g/mol. The summed E-state index contributed by atoms with van der Waals surface area (Å²) in [5.74, 6) is -2.44. The fraction of sp³-hybridized carbons (Fsp3) is 0.654. The molecule has 1 aromatic rings. The number of carbonyl (C=O) groups excluding carboxylic acids is 3. The molecule has 5 rings (SSSR count). The highest BCUT2D eigenvalue weighted by Crippen LogP contribution is 2.47. The number of benzene rings is 1. The lowest BCUT2D eigenvalue weighted by Gasteiger charge is -2.38. The van der Waals surface area contributed by atoms with Crippen LogP contribution in [0.3, 0.4) is 0 Å². The van der Waals surface area contributed by atoms with Gasteiger partial charge in [0.2, 0.25) is 0 Å². The molecule has 0 radical (unpaired) electrons. The van der Waals surface area contributed by atoms with Crippen LogP contribution in [0.2, 0.25) is 0 Å². The molecule has 0 spiro atoms. The predicted octanol–water partition coefficient (Wildman–Crippen LogP) is 3.89. The first kappa shape index (κ1) is 23.9. The third kappa shape index (κ3) is 4.34. The Labute approximate surface area is 205 Å². The van der Waals surface area contributed by atoms with E-state index in [4.69, 9.17) is 9.47 Å². The van der Waals surface area contributed by atoms with Crippen LogP contribution in [-0.4, -0.2) is 66.7 Å².